The van der Waals surface area contributed by atoms with Gasteiger partial charge in [-0.25, -0.2) is 13.2 Å². The largest absolute Gasteiger partial charge is 0.478 e. The minimum Gasteiger partial charge on any atom is -0.478 e. The Kier molecular flexibility index (Phi) is 6.52. The summed E-state index contributed by atoms with van der Waals surface area (Å²) in [4.78, 5) is 23.3. The molecule has 1 amide bonds. The van der Waals surface area contributed by atoms with E-state index in [0.717, 1.165) is 11.1 Å². The Morgan fingerprint density at radius 1 is 1.08 bits per heavy atom. The summed E-state index contributed by atoms with van der Waals surface area (Å²) >= 11 is 0. The first-order valence-corrected chi connectivity index (χ1v) is 9.97. The molecule has 0 heterocycles. The highest BCUT2D eigenvalue weighted by molar-refractivity contribution is 7.92. The van der Waals surface area contributed by atoms with Gasteiger partial charge in [-0.15, -0.1) is 0 Å². The van der Waals surface area contributed by atoms with Gasteiger partial charge in [0.2, 0.25) is 5.91 Å². The van der Waals surface area contributed by atoms with Gasteiger partial charge in [0.05, 0.1) is 17.0 Å². The second kappa shape index (κ2) is 8.62. The van der Waals surface area contributed by atoms with Crippen LogP contribution in [0.25, 0.3) is 0 Å². The van der Waals surface area contributed by atoms with Gasteiger partial charge in [-0.05, 0) is 37.5 Å². The van der Waals surface area contributed by atoms with Gasteiger partial charge in [-0.3, -0.25) is 4.79 Å². The molecule has 0 fully saturated rings. The SMILES string of the molecule is Cc1ccc(NC(=O)CS(=O)(=O)CCCc2ccccc2)c(C(=O)O)c1. The van der Waals surface area contributed by atoms with E-state index in [2.05, 4.69) is 5.32 Å². The minimum atomic E-state index is -3.57. The third kappa shape index (κ3) is 6.00. The van der Waals surface area contributed by atoms with Crippen molar-refractivity contribution < 1.29 is 23.1 Å². The first-order valence-electron chi connectivity index (χ1n) is 8.15. The average molecular weight is 375 g/mol. The summed E-state index contributed by atoms with van der Waals surface area (Å²) in [6, 6.07) is 14.0. The molecule has 0 saturated heterocycles. The highest BCUT2D eigenvalue weighted by atomic mass is 32.2. The fourth-order valence-corrected chi connectivity index (χ4v) is 3.74. The summed E-state index contributed by atoms with van der Waals surface area (Å²) in [5.74, 6) is -2.70. The van der Waals surface area contributed by atoms with Crippen LogP contribution >= 0.6 is 0 Å². The molecule has 0 aliphatic carbocycles. The Morgan fingerprint density at radius 2 is 1.77 bits per heavy atom. The fourth-order valence-electron chi connectivity index (χ4n) is 2.54. The quantitative estimate of drug-likeness (QED) is 0.739. The van der Waals surface area contributed by atoms with Crippen molar-refractivity contribution in [3.8, 4) is 0 Å². The fraction of sp³-hybridized carbons (Fsp3) is 0.263. The molecule has 6 nitrogen and oxygen atoms in total. The van der Waals surface area contributed by atoms with Crippen molar-refractivity contribution in [2.75, 3.05) is 16.8 Å². The molecule has 7 heteroatoms. The number of carbonyl (C=O) groups excluding carboxylic acids is 1. The van der Waals surface area contributed by atoms with E-state index < -0.39 is 27.5 Å². The lowest BCUT2D eigenvalue weighted by molar-refractivity contribution is -0.113. The average Bonchev–Trinajstić information content (AvgIpc) is 2.56. The first-order chi connectivity index (χ1) is 12.3. The predicted octanol–water partition coefficient (Wildman–Crippen LogP) is 2.68. The zero-order chi connectivity index (χ0) is 19.2. The van der Waals surface area contributed by atoms with Gasteiger partial charge < -0.3 is 10.4 Å². The topological polar surface area (TPSA) is 101 Å². The number of carboxylic acid groups (broad SMARTS) is 1. The third-order valence-corrected chi connectivity index (χ3v) is 5.41. The lowest BCUT2D eigenvalue weighted by Crippen LogP contribution is -2.25. The Labute approximate surface area is 152 Å². The highest BCUT2D eigenvalue weighted by Crippen LogP contribution is 2.17. The molecule has 2 rings (SSSR count). The molecule has 2 aromatic carbocycles. The number of aromatic carboxylic acids is 1. The van der Waals surface area contributed by atoms with E-state index in [4.69, 9.17) is 0 Å². The zero-order valence-corrected chi connectivity index (χ0v) is 15.3. The van der Waals surface area contributed by atoms with Crippen LogP contribution in [0.15, 0.2) is 48.5 Å². The maximum atomic E-state index is 12.1. The number of carboxylic acids is 1. The number of benzene rings is 2. The van der Waals surface area contributed by atoms with E-state index in [1.165, 1.54) is 12.1 Å². The van der Waals surface area contributed by atoms with Gasteiger partial charge >= 0.3 is 5.97 Å². The number of hydrogen-bond acceptors (Lipinski definition) is 4. The van der Waals surface area contributed by atoms with Crippen molar-refractivity contribution in [3.05, 3.63) is 65.2 Å². The van der Waals surface area contributed by atoms with E-state index >= 15 is 0 Å². The molecule has 0 spiro atoms. The van der Waals surface area contributed by atoms with Gasteiger partial charge in [-0.2, -0.15) is 0 Å². The molecule has 0 saturated carbocycles. The standard InChI is InChI=1S/C19H21NO5S/c1-14-9-10-17(16(12-14)19(22)23)20-18(21)13-26(24,25)11-5-8-15-6-3-2-4-7-15/h2-4,6-7,9-10,12H,5,8,11,13H2,1H3,(H,20,21)(H,22,23). The summed E-state index contributed by atoms with van der Waals surface area (Å²) in [5.41, 5.74) is 1.79. The molecule has 0 unspecified atom stereocenters. The van der Waals surface area contributed by atoms with Crippen molar-refractivity contribution in [1.29, 1.82) is 0 Å². The minimum absolute atomic E-state index is 0.0696. The third-order valence-electron chi connectivity index (χ3n) is 3.79. The van der Waals surface area contributed by atoms with Crippen LogP contribution in [0.2, 0.25) is 0 Å². The van der Waals surface area contributed by atoms with Crippen LogP contribution in [0.3, 0.4) is 0 Å². The molecule has 0 aliphatic rings. The van der Waals surface area contributed by atoms with E-state index in [1.54, 1.807) is 13.0 Å². The molecule has 0 bridgehead atoms. The van der Waals surface area contributed by atoms with E-state index in [-0.39, 0.29) is 17.0 Å². The number of anilines is 1. The molecule has 26 heavy (non-hydrogen) atoms. The van der Waals surface area contributed by atoms with E-state index in [0.29, 0.717) is 12.8 Å². The van der Waals surface area contributed by atoms with Gasteiger partial charge in [0.15, 0.2) is 9.84 Å². The number of amides is 1. The summed E-state index contributed by atoms with van der Waals surface area (Å²) in [5, 5.41) is 11.6. The molecule has 2 N–H and O–H groups in total. The summed E-state index contributed by atoms with van der Waals surface area (Å²) in [7, 11) is -3.57. The van der Waals surface area contributed by atoms with E-state index in [9.17, 15) is 23.1 Å². The Balaban J connectivity index is 1.93. The van der Waals surface area contributed by atoms with Gasteiger partial charge in [0.1, 0.15) is 5.75 Å². The van der Waals surface area contributed by atoms with Crippen LogP contribution in [-0.2, 0) is 21.1 Å². The molecule has 2 aromatic rings. The highest BCUT2D eigenvalue weighted by Gasteiger charge is 2.19. The monoisotopic (exact) mass is 375 g/mol. The Hall–Kier alpha value is -2.67. The van der Waals surface area contributed by atoms with Crippen molar-refractivity contribution in [3.63, 3.8) is 0 Å². The van der Waals surface area contributed by atoms with Gasteiger partial charge in [0.25, 0.3) is 0 Å². The Bertz CT molecular complexity index is 891. The van der Waals surface area contributed by atoms with Crippen molar-refractivity contribution in [2.45, 2.75) is 19.8 Å². The van der Waals surface area contributed by atoms with Gasteiger partial charge in [0, 0.05) is 0 Å². The molecule has 0 aromatic heterocycles. The number of rotatable bonds is 8. The molecule has 138 valence electrons. The number of carbonyl (C=O) groups is 2. The maximum absolute atomic E-state index is 12.1. The summed E-state index contributed by atoms with van der Waals surface area (Å²) in [6.45, 7) is 1.73. The summed E-state index contributed by atoms with van der Waals surface area (Å²) < 4.78 is 24.2. The normalized spacial score (nSPS) is 11.1. The predicted molar refractivity (Wildman–Crippen MR) is 100 cm³/mol. The number of aryl methyl sites for hydroxylation is 2. The molecular weight excluding hydrogens is 354 g/mol. The smallest absolute Gasteiger partial charge is 0.337 e. The number of hydrogen-bond donors (Lipinski definition) is 2. The van der Waals surface area contributed by atoms with Crippen LogP contribution in [0.1, 0.15) is 27.9 Å². The number of sulfone groups is 1. The number of nitrogens with one attached hydrogen (secondary N) is 1. The van der Waals surface area contributed by atoms with Crippen molar-refractivity contribution in [2.24, 2.45) is 0 Å². The lowest BCUT2D eigenvalue weighted by Gasteiger charge is -2.10. The molecule has 0 radical (unpaired) electrons. The molecular formula is C19H21NO5S. The van der Waals surface area contributed by atoms with Crippen molar-refractivity contribution >= 4 is 27.4 Å². The second-order valence-electron chi connectivity index (χ2n) is 6.08. The molecule has 0 aliphatic heterocycles. The molecule has 0 atom stereocenters. The van der Waals surface area contributed by atoms with Crippen LogP contribution in [-0.4, -0.2) is 36.9 Å². The first kappa shape index (κ1) is 19.7. The zero-order valence-electron chi connectivity index (χ0n) is 14.4. The van der Waals surface area contributed by atoms with Crippen LogP contribution in [0.5, 0.6) is 0 Å². The van der Waals surface area contributed by atoms with Crippen LogP contribution in [0, 0.1) is 6.92 Å². The van der Waals surface area contributed by atoms with Gasteiger partial charge in [-0.1, -0.05) is 42.0 Å². The summed E-state index contributed by atoms with van der Waals surface area (Å²) in [6.07, 6.45) is 1.04. The lowest BCUT2D eigenvalue weighted by atomic mass is 10.1. The maximum Gasteiger partial charge on any atom is 0.337 e. The Morgan fingerprint density at radius 3 is 2.42 bits per heavy atom. The van der Waals surface area contributed by atoms with E-state index in [1.807, 2.05) is 30.3 Å². The van der Waals surface area contributed by atoms with Crippen LogP contribution < -0.4 is 5.32 Å². The van der Waals surface area contributed by atoms with Crippen molar-refractivity contribution in [1.82, 2.24) is 0 Å². The van der Waals surface area contributed by atoms with Crippen LogP contribution in [0.4, 0.5) is 5.69 Å². The second-order valence-corrected chi connectivity index (χ2v) is 8.27.